The fraction of sp³-hybridized carbons (Fsp3) is 0.625. The molecule has 5 heteroatoms. The lowest BCUT2D eigenvalue weighted by atomic mass is 10.0. The Morgan fingerprint density at radius 1 is 1.43 bits per heavy atom. The van der Waals surface area contributed by atoms with E-state index >= 15 is 0 Å². The maximum absolute atomic E-state index is 12.0. The Morgan fingerprint density at radius 2 is 2.24 bits per heavy atom. The van der Waals surface area contributed by atoms with Crippen LogP contribution in [-0.4, -0.2) is 30.1 Å². The molecule has 0 aromatic carbocycles. The molecule has 21 heavy (non-hydrogen) atoms. The topological polar surface area (TPSA) is 63.2 Å². The van der Waals surface area contributed by atoms with Crippen LogP contribution in [0.15, 0.2) is 18.3 Å². The van der Waals surface area contributed by atoms with Gasteiger partial charge < -0.3 is 15.4 Å². The summed E-state index contributed by atoms with van der Waals surface area (Å²) in [4.78, 5) is 16.3. The van der Waals surface area contributed by atoms with Crippen molar-refractivity contribution >= 4 is 17.4 Å². The summed E-state index contributed by atoms with van der Waals surface area (Å²) in [5.41, 5.74) is 0.950. The number of anilines is 2. The number of hydrogen-bond donors (Lipinski definition) is 2. The molecule has 5 nitrogen and oxygen atoms in total. The number of pyridine rings is 1. The molecule has 1 amide bonds. The Labute approximate surface area is 126 Å². The van der Waals surface area contributed by atoms with Gasteiger partial charge >= 0.3 is 0 Å². The van der Waals surface area contributed by atoms with Crippen molar-refractivity contribution in [2.45, 2.75) is 45.6 Å². The second kappa shape index (κ2) is 7.98. The maximum atomic E-state index is 12.0. The van der Waals surface area contributed by atoms with Gasteiger partial charge in [-0.25, -0.2) is 4.98 Å². The Hall–Kier alpha value is -1.62. The molecule has 116 valence electrons. The fourth-order valence-electron chi connectivity index (χ4n) is 2.50. The number of amides is 1. The van der Waals surface area contributed by atoms with Gasteiger partial charge in [-0.1, -0.05) is 13.8 Å². The minimum Gasteiger partial charge on any atom is -0.381 e. The maximum Gasteiger partial charge on any atom is 0.228 e. The minimum atomic E-state index is 0.0487. The summed E-state index contributed by atoms with van der Waals surface area (Å²) in [5.74, 6) is 0.714. The number of nitrogens with zero attached hydrogens (tertiary/aromatic N) is 1. The van der Waals surface area contributed by atoms with Crippen molar-refractivity contribution < 1.29 is 9.53 Å². The molecule has 0 saturated carbocycles. The summed E-state index contributed by atoms with van der Waals surface area (Å²) in [5, 5.41) is 6.18. The summed E-state index contributed by atoms with van der Waals surface area (Å²) in [6, 6.07) is 3.77. The van der Waals surface area contributed by atoms with E-state index in [1.807, 2.05) is 26.0 Å². The summed E-state index contributed by atoms with van der Waals surface area (Å²) >= 11 is 0. The van der Waals surface area contributed by atoms with Crippen LogP contribution in [0.3, 0.4) is 0 Å². The van der Waals surface area contributed by atoms with E-state index in [4.69, 9.17) is 4.74 Å². The van der Waals surface area contributed by atoms with Crippen molar-refractivity contribution in [1.29, 1.82) is 0 Å². The second-order valence-corrected chi connectivity index (χ2v) is 5.45. The van der Waals surface area contributed by atoms with Crippen LogP contribution in [0.1, 0.15) is 39.5 Å². The van der Waals surface area contributed by atoms with Crippen LogP contribution in [0.4, 0.5) is 11.5 Å². The number of aromatic nitrogens is 1. The molecule has 1 aliphatic heterocycles. The van der Waals surface area contributed by atoms with Crippen molar-refractivity contribution in [3.8, 4) is 0 Å². The highest BCUT2D eigenvalue weighted by Gasteiger charge is 2.16. The zero-order valence-corrected chi connectivity index (χ0v) is 12.9. The molecular formula is C16H25N3O2. The standard InChI is InChI=1S/C16H25N3O2/c1-3-12(4-2)16(20)19-15-8-7-13(10-18-15)17-11-14-6-5-9-21-14/h7-8,10,12,14,17H,3-6,9,11H2,1-2H3,(H,18,19,20). The van der Waals surface area contributed by atoms with Gasteiger partial charge in [-0.15, -0.1) is 0 Å². The van der Waals surface area contributed by atoms with Gasteiger partial charge in [-0.05, 0) is 37.8 Å². The van der Waals surface area contributed by atoms with Crippen molar-refractivity contribution in [2.75, 3.05) is 23.8 Å². The number of carbonyl (C=O) groups is 1. The average Bonchev–Trinajstić information content (AvgIpc) is 3.01. The first-order valence-corrected chi connectivity index (χ1v) is 7.85. The van der Waals surface area contributed by atoms with Crippen LogP contribution in [0.2, 0.25) is 0 Å². The molecular weight excluding hydrogens is 266 g/mol. The molecule has 1 fully saturated rings. The zero-order valence-electron chi connectivity index (χ0n) is 12.9. The zero-order chi connectivity index (χ0) is 15.1. The van der Waals surface area contributed by atoms with Crippen LogP contribution >= 0.6 is 0 Å². The smallest absolute Gasteiger partial charge is 0.228 e. The summed E-state index contributed by atoms with van der Waals surface area (Å²) in [6.45, 7) is 5.73. The van der Waals surface area contributed by atoms with E-state index < -0.39 is 0 Å². The molecule has 0 radical (unpaired) electrons. The van der Waals surface area contributed by atoms with Gasteiger partial charge in [0.2, 0.25) is 5.91 Å². The van der Waals surface area contributed by atoms with E-state index in [0.29, 0.717) is 11.9 Å². The third-order valence-electron chi connectivity index (χ3n) is 3.93. The van der Waals surface area contributed by atoms with E-state index in [2.05, 4.69) is 15.6 Å². The third-order valence-corrected chi connectivity index (χ3v) is 3.93. The largest absolute Gasteiger partial charge is 0.381 e. The Kier molecular flexibility index (Phi) is 5.99. The molecule has 2 rings (SSSR count). The first-order chi connectivity index (χ1) is 10.2. The van der Waals surface area contributed by atoms with Crippen molar-refractivity contribution in [3.63, 3.8) is 0 Å². The van der Waals surface area contributed by atoms with E-state index in [1.165, 1.54) is 0 Å². The molecule has 2 N–H and O–H groups in total. The molecule has 0 bridgehead atoms. The third kappa shape index (κ3) is 4.70. The number of ether oxygens (including phenoxy) is 1. The minimum absolute atomic E-state index is 0.0487. The average molecular weight is 291 g/mol. The van der Waals surface area contributed by atoms with Crippen LogP contribution < -0.4 is 10.6 Å². The van der Waals surface area contributed by atoms with Crippen molar-refractivity contribution in [2.24, 2.45) is 5.92 Å². The quantitative estimate of drug-likeness (QED) is 0.810. The predicted molar refractivity (Wildman–Crippen MR) is 84.4 cm³/mol. The van der Waals surface area contributed by atoms with Crippen LogP contribution in [-0.2, 0) is 9.53 Å². The lowest BCUT2D eigenvalue weighted by Crippen LogP contribution is -2.22. The fourth-order valence-corrected chi connectivity index (χ4v) is 2.50. The van der Waals surface area contributed by atoms with Gasteiger partial charge in [0.15, 0.2) is 0 Å². The Balaban J connectivity index is 1.82. The molecule has 2 heterocycles. The molecule has 1 aromatic heterocycles. The van der Waals surface area contributed by atoms with Gasteiger partial charge in [-0.2, -0.15) is 0 Å². The van der Waals surface area contributed by atoms with E-state index in [-0.39, 0.29) is 11.8 Å². The number of hydrogen-bond acceptors (Lipinski definition) is 4. The van der Waals surface area contributed by atoms with Crippen LogP contribution in [0, 0.1) is 5.92 Å². The monoisotopic (exact) mass is 291 g/mol. The van der Waals surface area contributed by atoms with E-state index in [9.17, 15) is 4.79 Å². The Morgan fingerprint density at radius 3 is 2.81 bits per heavy atom. The molecule has 1 unspecified atom stereocenters. The first kappa shape index (κ1) is 15.8. The molecule has 0 spiro atoms. The lowest BCUT2D eigenvalue weighted by Gasteiger charge is -2.13. The number of carbonyl (C=O) groups excluding carboxylic acids is 1. The van der Waals surface area contributed by atoms with Crippen molar-refractivity contribution in [3.05, 3.63) is 18.3 Å². The van der Waals surface area contributed by atoms with Gasteiger partial charge in [-0.3, -0.25) is 4.79 Å². The summed E-state index contributed by atoms with van der Waals surface area (Å²) in [6.07, 6.45) is 6.01. The molecule has 0 aliphatic carbocycles. The van der Waals surface area contributed by atoms with E-state index in [0.717, 1.165) is 44.5 Å². The lowest BCUT2D eigenvalue weighted by molar-refractivity contribution is -0.120. The van der Waals surface area contributed by atoms with Gasteiger partial charge in [0.05, 0.1) is 18.0 Å². The summed E-state index contributed by atoms with van der Waals surface area (Å²) < 4.78 is 5.56. The van der Waals surface area contributed by atoms with Crippen LogP contribution in [0.25, 0.3) is 0 Å². The predicted octanol–water partition coefficient (Wildman–Crippen LogP) is 3.05. The first-order valence-electron chi connectivity index (χ1n) is 7.85. The summed E-state index contributed by atoms with van der Waals surface area (Å²) in [7, 11) is 0. The van der Waals surface area contributed by atoms with Gasteiger partial charge in [0.1, 0.15) is 5.82 Å². The highest BCUT2D eigenvalue weighted by atomic mass is 16.5. The highest BCUT2D eigenvalue weighted by Crippen LogP contribution is 2.16. The van der Waals surface area contributed by atoms with Gasteiger partial charge in [0, 0.05) is 19.1 Å². The van der Waals surface area contributed by atoms with Crippen molar-refractivity contribution in [1.82, 2.24) is 4.98 Å². The molecule has 1 aliphatic rings. The molecule has 1 atom stereocenters. The number of rotatable bonds is 7. The SMILES string of the molecule is CCC(CC)C(=O)Nc1ccc(NCC2CCCO2)cn1. The Bertz CT molecular complexity index is 437. The highest BCUT2D eigenvalue weighted by molar-refractivity contribution is 5.91. The van der Waals surface area contributed by atoms with Crippen LogP contribution in [0.5, 0.6) is 0 Å². The normalized spacial score (nSPS) is 18.0. The van der Waals surface area contributed by atoms with Gasteiger partial charge in [0.25, 0.3) is 0 Å². The number of nitrogens with one attached hydrogen (secondary N) is 2. The molecule has 1 aromatic rings. The molecule has 1 saturated heterocycles. The second-order valence-electron chi connectivity index (χ2n) is 5.45. The van der Waals surface area contributed by atoms with E-state index in [1.54, 1.807) is 6.20 Å².